The van der Waals surface area contributed by atoms with Gasteiger partial charge in [0.05, 0.1) is 0 Å². The maximum Gasteiger partial charge on any atom is 0.249 e. The van der Waals surface area contributed by atoms with Crippen molar-refractivity contribution in [3.05, 3.63) is 52.7 Å². The standard InChI is InChI=1S/C16H18ClN3O/c1-16(2,3)13-10-14(20-19-13)18-15(21)8-7-11-5-4-6-12(17)9-11/h4-10H,1-3H3,(H2,18,19,20,21)/b8-7+. The molecule has 0 aliphatic carbocycles. The van der Waals surface area contributed by atoms with E-state index in [9.17, 15) is 4.79 Å². The topological polar surface area (TPSA) is 57.8 Å². The summed E-state index contributed by atoms with van der Waals surface area (Å²) < 4.78 is 0. The molecule has 0 spiro atoms. The van der Waals surface area contributed by atoms with Crippen LogP contribution in [0.3, 0.4) is 0 Å². The molecule has 0 saturated carbocycles. The molecule has 0 bridgehead atoms. The van der Waals surface area contributed by atoms with E-state index in [0.29, 0.717) is 10.8 Å². The average Bonchev–Trinajstić information content (AvgIpc) is 2.85. The van der Waals surface area contributed by atoms with Crippen LogP contribution in [-0.2, 0) is 10.2 Å². The van der Waals surface area contributed by atoms with Gasteiger partial charge in [-0.25, -0.2) is 0 Å². The van der Waals surface area contributed by atoms with Crippen LogP contribution in [0.2, 0.25) is 5.02 Å². The van der Waals surface area contributed by atoms with Crippen molar-refractivity contribution in [3.8, 4) is 0 Å². The molecule has 0 radical (unpaired) electrons. The van der Waals surface area contributed by atoms with Crippen LogP contribution in [0, 0.1) is 0 Å². The van der Waals surface area contributed by atoms with Gasteiger partial charge in [-0.1, -0.05) is 44.5 Å². The zero-order valence-electron chi connectivity index (χ0n) is 12.3. The Hall–Kier alpha value is -2.07. The normalized spacial score (nSPS) is 11.8. The summed E-state index contributed by atoms with van der Waals surface area (Å²) in [6.07, 6.45) is 3.16. The average molecular weight is 304 g/mol. The number of hydrogen-bond donors (Lipinski definition) is 2. The molecule has 2 rings (SSSR count). The minimum atomic E-state index is -0.234. The molecule has 2 N–H and O–H groups in total. The molecule has 4 nitrogen and oxygen atoms in total. The SMILES string of the molecule is CC(C)(C)c1cc(NC(=O)/C=C/c2cccc(Cl)c2)n[nH]1. The number of aromatic nitrogens is 2. The van der Waals surface area contributed by atoms with Crippen LogP contribution in [-0.4, -0.2) is 16.1 Å². The first-order valence-electron chi connectivity index (χ1n) is 6.65. The summed E-state index contributed by atoms with van der Waals surface area (Å²) in [5, 5.41) is 10.4. The van der Waals surface area contributed by atoms with Crippen LogP contribution >= 0.6 is 11.6 Å². The third-order valence-electron chi connectivity index (χ3n) is 2.91. The van der Waals surface area contributed by atoms with Crippen LogP contribution in [0.5, 0.6) is 0 Å². The van der Waals surface area contributed by atoms with Gasteiger partial charge in [-0.05, 0) is 23.8 Å². The Kier molecular flexibility index (Phi) is 4.48. The molecule has 0 fully saturated rings. The lowest BCUT2D eigenvalue weighted by Gasteiger charge is -2.14. The highest BCUT2D eigenvalue weighted by molar-refractivity contribution is 6.30. The predicted octanol–water partition coefficient (Wildman–Crippen LogP) is 4.01. The summed E-state index contributed by atoms with van der Waals surface area (Å²) in [7, 11) is 0. The van der Waals surface area contributed by atoms with E-state index in [2.05, 4.69) is 36.3 Å². The maximum atomic E-state index is 11.8. The Morgan fingerprint density at radius 1 is 1.33 bits per heavy atom. The van der Waals surface area contributed by atoms with Gasteiger partial charge < -0.3 is 5.32 Å². The van der Waals surface area contributed by atoms with Gasteiger partial charge in [-0.3, -0.25) is 9.89 Å². The number of anilines is 1. The first kappa shape index (κ1) is 15.3. The number of carbonyl (C=O) groups excluding carboxylic acids is 1. The van der Waals surface area contributed by atoms with Crippen LogP contribution in [0.25, 0.3) is 6.08 Å². The molecule has 0 aliphatic rings. The molecular formula is C16H18ClN3O. The third-order valence-corrected chi connectivity index (χ3v) is 3.15. The van der Waals surface area contributed by atoms with Gasteiger partial charge in [-0.2, -0.15) is 5.10 Å². The monoisotopic (exact) mass is 303 g/mol. The van der Waals surface area contributed by atoms with Gasteiger partial charge in [0.15, 0.2) is 5.82 Å². The first-order chi connectivity index (χ1) is 9.84. The molecule has 1 amide bonds. The van der Waals surface area contributed by atoms with E-state index in [1.807, 2.05) is 18.2 Å². The van der Waals surface area contributed by atoms with Crippen molar-refractivity contribution in [3.63, 3.8) is 0 Å². The van der Waals surface area contributed by atoms with Gasteiger partial charge in [0.1, 0.15) is 0 Å². The van der Waals surface area contributed by atoms with Crippen LogP contribution < -0.4 is 5.32 Å². The fourth-order valence-electron chi connectivity index (χ4n) is 1.72. The summed E-state index contributed by atoms with van der Waals surface area (Å²) in [4.78, 5) is 11.8. The molecule has 2 aromatic rings. The van der Waals surface area contributed by atoms with E-state index < -0.39 is 0 Å². The van der Waals surface area contributed by atoms with E-state index in [4.69, 9.17) is 11.6 Å². The summed E-state index contributed by atoms with van der Waals surface area (Å²) in [6, 6.07) is 9.13. The number of amides is 1. The molecule has 110 valence electrons. The number of nitrogens with zero attached hydrogens (tertiary/aromatic N) is 1. The van der Waals surface area contributed by atoms with Gasteiger partial charge in [0.25, 0.3) is 0 Å². The van der Waals surface area contributed by atoms with Crippen molar-refractivity contribution >= 4 is 29.4 Å². The predicted molar refractivity (Wildman–Crippen MR) is 86.4 cm³/mol. The molecule has 1 aromatic carbocycles. The molecule has 5 heteroatoms. The largest absolute Gasteiger partial charge is 0.306 e. The summed E-state index contributed by atoms with van der Waals surface area (Å²) >= 11 is 5.89. The van der Waals surface area contributed by atoms with E-state index in [-0.39, 0.29) is 11.3 Å². The smallest absolute Gasteiger partial charge is 0.249 e. The second-order valence-corrected chi connectivity index (χ2v) is 6.23. The van der Waals surface area contributed by atoms with Gasteiger partial charge >= 0.3 is 0 Å². The Morgan fingerprint density at radius 2 is 2.10 bits per heavy atom. The number of hydrogen-bond acceptors (Lipinski definition) is 2. The van der Waals surface area contributed by atoms with E-state index in [0.717, 1.165) is 11.3 Å². The molecule has 0 saturated heterocycles. The van der Waals surface area contributed by atoms with Crippen LogP contribution in [0.4, 0.5) is 5.82 Å². The number of rotatable bonds is 3. The lowest BCUT2D eigenvalue weighted by atomic mass is 9.92. The van der Waals surface area contributed by atoms with Gasteiger partial charge in [-0.15, -0.1) is 0 Å². The minimum absolute atomic E-state index is 0.0351. The van der Waals surface area contributed by atoms with Crippen molar-refractivity contribution < 1.29 is 4.79 Å². The van der Waals surface area contributed by atoms with Crippen molar-refractivity contribution in [2.24, 2.45) is 0 Å². The van der Waals surface area contributed by atoms with E-state index in [1.54, 1.807) is 18.2 Å². The molecule has 0 atom stereocenters. The van der Waals surface area contributed by atoms with Gasteiger partial charge in [0.2, 0.25) is 5.91 Å². The highest BCUT2D eigenvalue weighted by Gasteiger charge is 2.16. The number of benzene rings is 1. The Labute approximate surface area is 129 Å². The van der Waals surface area contributed by atoms with Crippen molar-refractivity contribution in [1.29, 1.82) is 0 Å². The van der Waals surface area contributed by atoms with Crippen molar-refractivity contribution in [2.75, 3.05) is 5.32 Å². The lowest BCUT2D eigenvalue weighted by molar-refractivity contribution is -0.111. The zero-order valence-corrected chi connectivity index (χ0v) is 13.0. The van der Waals surface area contributed by atoms with Crippen molar-refractivity contribution in [2.45, 2.75) is 26.2 Å². The fourth-order valence-corrected chi connectivity index (χ4v) is 1.92. The Morgan fingerprint density at radius 3 is 2.71 bits per heavy atom. The molecule has 1 heterocycles. The number of carbonyl (C=O) groups is 1. The molecular weight excluding hydrogens is 286 g/mol. The van der Waals surface area contributed by atoms with Crippen molar-refractivity contribution in [1.82, 2.24) is 10.2 Å². The molecule has 1 aromatic heterocycles. The summed E-state index contributed by atoms with van der Waals surface area (Å²) in [6.45, 7) is 6.22. The second-order valence-electron chi connectivity index (χ2n) is 5.79. The quantitative estimate of drug-likeness (QED) is 0.842. The highest BCUT2D eigenvalue weighted by atomic mass is 35.5. The summed E-state index contributed by atoms with van der Waals surface area (Å²) in [5.74, 6) is 0.280. The van der Waals surface area contributed by atoms with E-state index >= 15 is 0 Å². The minimum Gasteiger partial charge on any atom is -0.306 e. The van der Waals surface area contributed by atoms with Crippen LogP contribution in [0.1, 0.15) is 32.0 Å². The Balaban J connectivity index is 2.00. The summed E-state index contributed by atoms with van der Waals surface area (Å²) in [5.41, 5.74) is 1.80. The van der Waals surface area contributed by atoms with E-state index in [1.165, 1.54) is 6.08 Å². The lowest BCUT2D eigenvalue weighted by Crippen LogP contribution is -2.11. The number of H-pyrrole nitrogens is 1. The maximum absolute atomic E-state index is 11.8. The molecule has 0 aliphatic heterocycles. The number of halogens is 1. The number of aromatic amines is 1. The Bertz CT molecular complexity index is 668. The highest BCUT2D eigenvalue weighted by Crippen LogP contribution is 2.21. The van der Waals surface area contributed by atoms with Crippen LogP contribution in [0.15, 0.2) is 36.4 Å². The third kappa shape index (κ3) is 4.46. The van der Waals surface area contributed by atoms with Gasteiger partial charge in [0, 0.05) is 28.3 Å². The molecule has 21 heavy (non-hydrogen) atoms. The molecule has 0 unspecified atom stereocenters. The first-order valence-corrected chi connectivity index (χ1v) is 7.03. The fraction of sp³-hybridized carbons (Fsp3) is 0.250. The zero-order chi connectivity index (χ0) is 15.5. The second kappa shape index (κ2) is 6.14. The number of nitrogens with one attached hydrogen (secondary N) is 2.